The number of amides is 1. The Kier molecular flexibility index (Phi) is 6.90. The van der Waals surface area contributed by atoms with E-state index in [0.717, 1.165) is 5.56 Å². The summed E-state index contributed by atoms with van der Waals surface area (Å²) in [7, 11) is 0. The van der Waals surface area contributed by atoms with Crippen LogP contribution in [-0.2, 0) is 11.2 Å². The molecule has 0 aliphatic carbocycles. The number of carbonyl (C=O) groups excluding carboxylic acids is 1. The van der Waals surface area contributed by atoms with E-state index in [1.54, 1.807) is 12.1 Å². The summed E-state index contributed by atoms with van der Waals surface area (Å²) in [5.41, 5.74) is 2.20. The van der Waals surface area contributed by atoms with Crippen LogP contribution in [0.4, 0.5) is 0 Å². The normalized spacial score (nSPS) is 12.0. The van der Waals surface area contributed by atoms with Crippen molar-refractivity contribution in [2.24, 2.45) is 0 Å². The SMILES string of the molecule is C[C@@H]([NH2+]CC(=O)NCCc1ccc(Cl)cc1Cl)c1ccccc1. The second-order valence-electron chi connectivity index (χ2n) is 5.47. The van der Waals surface area contributed by atoms with Gasteiger partial charge in [-0.25, -0.2) is 0 Å². The number of rotatable bonds is 7. The zero-order valence-corrected chi connectivity index (χ0v) is 14.6. The number of nitrogens with one attached hydrogen (secondary N) is 1. The monoisotopic (exact) mass is 351 g/mol. The summed E-state index contributed by atoms with van der Waals surface area (Å²) in [5.74, 6) is 0.0258. The lowest BCUT2D eigenvalue weighted by atomic mass is 10.1. The molecule has 122 valence electrons. The van der Waals surface area contributed by atoms with Crippen LogP contribution in [0.5, 0.6) is 0 Å². The molecule has 0 unspecified atom stereocenters. The van der Waals surface area contributed by atoms with E-state index in [9.17, 15) is 4.79 Å². The Morgan fingerprint density at radius 2 is 1.91 bits per heavy atom. The van der Waals surface area contributed by atoms with Crippen molar-refractivity contribution in [2.45, 2.75) is 19.4 Å². The lowest BCUT2D eigenvalue weighted by Crippen LogP contribution is -2.87. The Hall–Kier alpha value is -1.55. The molecule has 0 fully saturated rings. The predicted octanol–water partition coefficient (Wildman–Crippen LogP) is 2.98. The molecule has 1 amide bonds. The number of nitrogens with two attached hydrogens (primary N) is 1. The van der Waals surface area contributed by atoms with Crippen molar-refractivity contribution >= 4 is 29.1 Å². The van der Waals surface area contributed by atoms with Crippen molar-refractivity contribution < 1.29 is 10.1 Å². The van der Waals surface area contributed by atoms with Gasteiger partial charge in [0, 0.05) is 22.2 Å². The first-order valence-electron chi connectivity index (χ1n) is 7.65. The molecule has 0 heterocycles. The lowest BCUT2D eigenvalue weighted by molar-refractivity contribution is -0.682. The van der Waals surface area contributed by atoms with Crippen molar-refractivity contribution in [3.63, 3.8) is 0 Å². The van der Waals surface area contributed by atoms with Crippen LogP contribution in [0.1, 0.15) is 24.1 Å². The Labute approximate surface area is 147 Å². The minimum atomic E-state index is 0.0258. The van der Waals surface area contributed by atoms with Crippen molar-refractivity contribution in [3.8, 4) is 0 Å². The molecule has 0 aromatic heterocycles. The van der Waals surface area contributed by atoms with Gasteiger partial charge in [-0.3, -0.25) is 4.79 Å². The van der Waals surface area contributed by atoms with Gasteiger partial charge in [0.05, 0.1) is 0 Å². The van der Waals surface area contributed by atoms with E-state index in [4.69, 9.17) is 23.2 Å². The largest absolute Gasteiger partial charge is 0.351 e. The minimum Gasteiger partial charge on any atom is -0.351 e. The fraction of sp³-hybridized carbons (Fsp3) is 0.278. The lowest BCUT2D eigenvalue weighted by Gasteiger charge is -2.11. The van der Waals surface area contributed by atoms with Crippen molar-refractivity contribution in [1.82, 2.24) is 5.32 Å². The van der Waals surface area contributed by atoms with Crippen LogP contribution in [0, 0.1) is 0 Å². The van der Waals surface area contributed by atoms with Gasteiger partial charge in [-0.1, -0.05) is 59.6 Å². The van der Waals surface area contributed by atoms with Gasteiger partial charge in [-0.15, -0.1) is 0 Å². The molecule has 0 aliphatic rings. The number of halogens is 2. The third-order valence-electron chi connectivity index (χ3n) is 3.71. The highest BCUT2D eigenvalue weighted by atomic mass is 35.5. The summed E-state index contributed by atoms with van der Waals surface area (Å²) in [6.07, 6.45) is 0.690. The smallest absolute Gasteiger partial charge is 0.275 e. The van der Waals surface area contributed by atoms with E-state index in [2.05, 4.69) is 24.4 Å². The quantitative estimate of drug-likeness (QED) is 0.791. The summed E-state index contributed by atoms with van der Waals surface area (Å²) in [6, 6.07) is 15.8. The molecule has 0 radical (unpaired) electrons. The van der Waals surface area contributed by atoms with Crippen LogP contribution >= 0.6 is 23.2 Å². The highest BCUT2D eigenvalue weighted by Gasteiger charge is 2.11. The van der Waals surface area contributed by atoms with Crippen LogP contribution < -0.4 is 10.6 Å². The van der Waals surface area contributed by atoms with Crippen LogP contribution in [0.3, 0.4) is 0 Å². The van der Waals surface area contributed by atoms with Gasteiger partial charge in [0.15, 0.2) is 6.54 Å². The molecule has 0 spiro atoms. The Balaban J connectivity index is 1.71. The first-order valence-corrected chi connectivity index (χ1v) is 8.41. The first-order chi connectivity index (χ1) is 11.1. The Morgan fingerprint density at radius 1 is 1.17 bits per heavy atom. The van der Waals surface area contributed by atoms with Crippen LogP contribution in [0.25, 0.3) is 0 Å². The highest BCUT2D eigenvalue weighted by Crippen LogP contribution is 2.20. The van der Waals surface area contributed by atoms with E-state index < -0.39 is 0 Å². The standard InChI is InChI=1S/C18H20Cl2N2O/c1-13(14-5-3-2-4-6-14)22-12-18(23)21-10-9-15-7-8-16(19)11-17(15)20/h2-8,11,13,22H,9-10,12H2,1H3,(H,21,23)/p+1/t13-/m1/s1. The molecule has 1 atom stereocenters. The van der Waals surface area contributed by atoms with E-state index in [0.29, 0.717) is 29.6 Å². The topological polar surface area (TPSA) is 45.7 Å². The van der Waals surface area contributed by atoms with Gasteiger partial charge in [0.25, 0.3) is 5.91 Å². The molecule has 0 bridgehead atoms. The number of quaternary nitrogens is 1. The molecule has 5 heteroatoms. The van der Waals surface area contributed by atoms with E-state index in [-0.39, 0.29) is 11.9 Å². The molecule has 3 N–H and O–H groups in total. The molecular formula is C18H21Cl2N2O+. The molecule has 0 aliphatic heterocycles. The fourth-order valence-corrected chi connectivity index (χ4v) is 2.81. The minimum absolute atomic E-state index is 0.0258. The van der Waals surface area contributed by atoms with E-state index in [1.165, 1.54) is 5.56 Å². The molecule has 2 rings (SSSR count). The van der Waals surface area contributed by atoms with E-state index in [1.807, 2.05) is 29.6 Å². The summed E-state index contributed by atoms with van der Waals surface area (Å²) < 4.78 is 0. The maximum atomic E-state index is 11.9. The summed E-state index contributed by atoms with van der Waals surface area (Å²) in [4.78, 5) is 11.9. The molecule has 2 aromatic rings. The van der Waals surface area contributed by atoms with Gasteiger partial charge < -0.3 is 10.6 Å². The molecule has 0 saturated heterocycles. The third kappa shape index (κ3) is 5.87. The number of hydrogen-bond acceptors (Lipinski definition) is 1. The molecule has 2 aromatic carbocycles. The maximum Gasteiger partial charge on any atom is 0.275 e. The number of benzene rings is 2. The second-order valence-corrected chi connectivity index (χ2v) is 6.32. The zero-order chi connectivity index (χ0) is 16.7. The van der Waals surface area contributed by atoms with Gasteiger partial charge in [0.2, 0.25) is 0 Å². The average Bonchev–Trinajstić information content (AvgIpc) is 2.55. The van der Waals surface area contributed by atoms with Crippen LogP contribution in [0.15, 0.2) is 48.5 Å². The molecule has 23 heavy (non-hydrogen) atoms. The van der Waals surface area contributed by atoms with Gasteiger partial charge >= 0.3 is 0 Å². The number of hydrogen-bond donors (Lipinski definition) is 2. The summed E-state index contributed by atoms with van der Waals surface area (Å²) in [5, 5.41) is 6.20. The van der Waals surface area contributed by atoms with Crippen molar-refractivity contribution in [2.75, 3.05) is 13.1 Å². The van der Waals surface area contributed by atoms with Gasteiger partial charge in [-0.2, -0.15) is 0 Å². The molecular weight excluding hydrogens is 331 g/mol. The summed E-state index contributed by atoms with van der Waals surface area (Å²) in [6.45, 7) is 3.06. The second kappa shape index (κ2) is 8.92. The molecule has 0 saturated carbocycles. The Morgan fingerprint density at radius 3 is 2.61 bits per heavy atom. The zero-order valence-electron chi connectivity index (χ0n) is 13.1. The fourth-order valence-electron chi connectivity index (χ4n) is 2.31. The van der Waals surface area contributed by atoms with E-state index >= 15 is 0 Å². The van der Waals surface area contributed by atoms with Gasteiger partial charge in [0.1, 0.15) is 6.04 Å². The highest BCUT2D eigenvalue weighted by molar-refractivity contribution is 6.35. The first kappa shape index (κ1) is 17.8. The van der Waals surface area contributed by atoms with Crippen molar-refractivity contribution in [3.05, 3.63) is 69.7 Å². The number of carbonyl (C=O) groups is 1. The van der Waals surface area contributed by atoms with Crippen LogP contribution in [-0.4, -0.2) is 19.0 Å². The maximum absolute atomic E-state index is 11.9. The summed E-state index contributed by atoms with van der Waals surface area (Å²) >= 11 is 12.0. The van der Waals surface area contributed by atoms with Crippen molar-refractivity contribution in [1.29, 1.82) is 0 Å². The average molecular weight is 352 g/mol. The third-order valence-corrected chi connectivity index (χ3v) is 4.30. The molecule has 3 nitrogen and oxygen atoms in total. The Bertz CT molecular complexity index is 647. The van der Waals surface area contributed by atoms with Gasteiger partial charge in [-0.05, 0) is 31.0 Å². The predicted molar refractivity (Wildman–Crippen MR) is 94.8 cm³/mol. The van der Waals surface area contributed by atoms with Crippen LogP contribution in [0.2, 0.25) is 10.0 Å².